The molecule has 0 bridgehead atoms. The summed E-state index contributed by atoms with van der Waals surface area (Å²) >= 11 is 0. The number of nitrogens with zero attached hydrogens (tertiary/aromatic N) is 4. The lowest BCUT2D eigenvalue weighted by Crippen LogP contribution is -2.37. The second-order valence-electron chi connectivity index (χ2n) is 8.10. The van der Waals surface area contributed by atoms with E-state index in [1.54, 1.807) is 10.8 Å². The third-order valence-corrected chi connectivity index (χ3v) is 5.97. The number of nitrogens with one attached hydrogen (secondary N) is 1. The van der Waals surface area contributed by atoms with Crippen molar-refractivity contribution in [2.45, 2.75) is 32.2 Å². The van der Waals surface area contributed by atoms with E-state index >= 15 is 0 Å². The number of hydrogen-bond acceptors (Lipinski definition) is 5. The van der Waals surface area contributed by atoms with Crippen molar-refractivity contribution in [1.82, 2.24) is 14.5 Å². The number of carbonyl (C=O) groups is 1. The smallest absolute Gasteiger partial charge is 0.294 e. The van der Waals surface area contributed by atoms with E-state index in [9.17, 15) is 9.59 Å². The molecule has 0 saturated carbocycles. The minimum Gasteiger partial charge on any atom is -0.352 e. The molecule has 4 aromatic rings. The van der Waals surface area contributed by atoms with Crippen molar-refractivity contribution in [2.24, 2.45) is 0 Å². The molecule has 7 nitrogen and oxygen atoms in total. The molecule has 1 aliphatic rings. The van der Waals surface area contributed by atoms with Crippen molar-refractivity contribution in [1.29, 1.82) is 0 Å². The van der Waals surface area contributed by atoms with Gasteiger partial charge in [-0.1, -0.05) is 18.2 Å². The lowest BCUT2D eigenvalue weighted by Gasteiger charge is -2.27. The molecule has 0 atom stereocenters. The predicted molar refractivity (Wildman–Crippen MR) is 127 cm³/mol. The first-order valence-electron chi connectivity index (χ1n) is 11.1. The molecule has 0 spiro atoms. The highest BCUT2D eigenvalue weighted by atomic mass is 16.2. The van der Waals surface area contributed by atoms with Gasteiger partial charge in [0.15, 0.2) is 5.82 Å². The fourth-order valence-corrected chi connectivity index (χ4v) is 4.35. The quantitative estimate of drug-likeness (QED) is 0.521. The summed E-state index contributed by atoms with van der Waals surface area (Å²) in [5, 5.41) is 3.87. The fourth-order valence-electron chi connectivity index (χ4n) is 4.35. The zero-order valence-corrected chi connectivity index (χ0v) is 17.8. The SMILES string of the molecule is O=C(CCn1c(=O)c(N2CCCCC2)nc2ccccc21)Nc1cccc2ncccc12. The standard InChI is InChI=1S/C25H25N5O2/c31-23(27-20-11-6-10-19-18(20)8-7-14-26-19)13-17-30-22-12-3-2-9-21(22)28-24(25(30)32)29-15-4-1-5-16-29/h2-3,6-12,14H,1,4-5,13,15-17H2,(H,27,31). The van der Waals surface area contributed by atoms with Gasteiger partial charge >= 0.3 is 0 Å². The minimum atomic E-state index is -0.145. The van der Waals surface area contributed by atoms with E-state index in [-0.39, 0.29) is 24.4 Å². The third kappa shape index (κ3) is 3.93. The Balaban J connectivity index is 1.41. The number of anilines is 2. The molecular weight excluding hydrogens is 402 g/mol. The summed E-state index contributed by atoms with van der Waals surface area (Å²) in [6.45, 7) is 1.98. The van der Waals surface area contributed by atoms with Crippen molar-refractivity contribution >= 4 is 39.3 Å². The van der Waals surface area contributed by atoms with Gasteiger partial charge in [0.2, 0.25) is 5.91 Å². The summed E-state index contributed by atoms with van der Waals surface area (Å²) in [5.41, 5.74) is 2.94. The molecule has 5 rings (SSSR count). The van der Waals surface area contributed by atoms with Crippen LogP contribution in [-0.4, -0.2) is 33.5 Å². The van der Waals surface area contributed by atoms with Crippen molar-refractivity contribution in [3.63, 3.8) is 0 Å². The van der Waals surface area contributed by atoms with Gasteiger partial charge in [-0.3, -0.25) is 14.6 Å². The van der Waals surface area contributed by atoms with Crippen LogP contribution >= 0.6 is 0 Å². The first kappa shape index (κ1) is 20.2. The van der Waals surface area contributed by atoms with Gasteiger partial charge in [-0.25, -0.2) is 4.98 Å². The van der Waals surface area contributed by atoms with E-state index < -0.39 is 0 Å². The number of fused-ring (bicyclic) bond motifs is 2. The number of aryl methyl sites for hydroxylation is 1. The molecule has 1 saturated heterocycles. The number of amides is 1. The average molecular weight is 428 g/mol. The Kier molecular flexibility index (Phi) is 5.54. The van der Waals surface area contributed by atoms with Crippen LogP contribution < -0.4 is 15.8 Å². The maximum absolute atomic E-state index is 13.3. The van der Waals surface area contributed by atoms with Crippen LogP contribution in [0.2, 0.25) is 0 Å². The first-order valence-corrected chi connectivity index (χ1v) is 11.1. The third-order valence-electron chi connectivity index (χ3n) is 5.97. The Morgan fingerprint density at radius 3 is 2.62 bits per heavy atom. The summed E-state index contributed by atoms with van der Waals surface area (Å²) in [6, 6.07) is 17.1. The fraction of sp³-hybridized carbons (Fsp3) is 0.280. The van der Waals surface area contributed by atoms with Gasteiger partial charge < -0.3 is 14.8 Å². The largest absolute Gasteiger partial charge is 0.352 e. The molecule has 2 aromatic carbocycles. The van der Waals surface area contributed by atoms with Crippen LogP contribution in [0.1, 0.15) is 25.7 Å². The maximum atomic E-state index is 13.3. The molecule has 1 fully saturated rings. The molecule has 32 heavy (non-hydrogen) atoms. The van der Waals surface area contributed by atoms with Gasteiger partial charge in [-0.15, -0.1) is 0 Å². The molecule has 2 aromatic heterocycles. The first-order chi connectivity index (χ1) is 15.7. The molecule has 0 aliphatic carbocycles. The number of para-hydroxylation sites is 2. The Labute approximate surface area is 185 Å². The normalized spacial score (nSPS) is 14.1. The van der Waals surface area contributed by atoms with Crippen molar-refractivity contribution in [3.8, 4) is 0 Å². The van der Waals surface area contributed by atoms with E-state index in [1.165, 1.54) is 6.42 Å². The van der Waals surface area contributed by atoms with E-state index in [4.69, 9.17) is 0 Å². The van der Waals surface area contributed by atoms with Crippen molar-refractivity contribution in [2.75, 3.05) is 23.3 Å². The van der Waals surface area contributed by atoms with E-state index in [0.29, 0.717) is 5.82 Å². The second-order valence-corrected chi connectivity index (χ2v) is 8.10. The lowest BCUT2D eigenvalue weighted by molar-refractivity contribution is -0.116. The molecule has 1 N–H and O–H groups in total. The van der Waals surface area contributed by atoms with Crippen LogP contribution in [0, 0.1) is 0 Å². The van der Waals surface area contributed by atoms with Crippen LogP contribution in [0.4, 0.5) is 11.5 Å². The monoisotopic (exact) mass is 427 g/mol. The van der Waals surface area contributed by atoms with Crippen molar-refractivity contribution in [3.05, 3.63) is 71.1 Å². The molecule has 1 aliphatic heterocycles. The van der Waals surface area contributed by atoms with E-state index in [1.807, 2.05) is 54.6 Å². The zero-order valence-electron chi connectivity index (χ0n) is 17.8. The molecular formula is C25H25N5O2. The van der Waals surface area contributed by atoms with E-state index in [2.05, 4.69) is 20.2 Å². The predicted octanol–water partition coefficient (Wildman–Crippen LogP) is 3.96. The number of rotatable bonds is 5. The summed E-state index contributed by atoms with van der Waals surface area (Å²) in [4.78, 5) is 37.2. The zero-order chi connectivity index (χ0) is 21.9. The Bertz CT molecular complexity index is 1340. The Morgan fingerprint density at radius 2 is 1.75 bits per heavy atom. The van der Waals surface area contributed by atoms with Crippen LogP contribution in [-0.2, 0) is 11.3 Å². The summed E-state index contributed by atoms with van der Waals surface area (Å²) < 4.78 is 1.69. The average Bonchev–Trinajstić information content (AvgIpc) is 2.84. The lowest BCUT2D eigenvalue weighted by atomic mass is 10.1. The van der Waals surface area contributed by atoms with Gasteiger partial charge in [0.25, 0.3) is 5.56 Å². The number of pyridine rings is 1. The van der Waals surface area contributed by atoms with Crippen LogP contribution in [0.5, 0.6) is 0 Å². The number of carbonyl (C=O) groups excluding carboxylic acids is 1. The highest BCUT2D eigenvalue weighted by Crippen LogP contribution is 2.22. The number of aromatic nitrogens is 3. The van der Waals surface area contributed by atoms with Crippen molar-refractivity contribution < 1.29 is 4.79 Å². The molecule has 3 heterocycles. The van der Waals surface area contributed by atoms with Gasteiger partial charge in [-0.2, -0.15) is 0 Å². The topological polar surface area (TPSA) is 80.1 Å². The Morgan fingerprint density at radius 1 is 0.938 bits per heavy atom. The second kappa shape index (κ2) is 8.78. The molecule has 7 heteroatoms. The molecule has 0 radical (unpaired) electrons. The van der Waals surface area contributed by atoms with Crippen LogP contribution in [0.25, 0.3) is 21.9 Å². The summed E-state index contributed by atoms with van der Waals surface area (Å²) in [6.07, 6.45) is 5.23. The van der Waals surface area contributed by atoms with Gasteiger partial charge in [0.05, 0.1) is 22.2 Å². The number of benzene rings is 2. The van der Waals surface area contributed by atoms with Crippen LogP contribution in [0.15, 0.2) is 65.6 Å². The highest BCUT2D eigenvalue weighted by Gasteiger charge is 2.19. The Hall–Kier alpha value is -3.74. The minimum absolute atomic E-state index is 0.132. The molecule has 1 amide bonds. The number of piperidine rings is 1. The number of hydrogen-bond donors (Lipinski definition) is 1. The summed E-state index contributed by atoms with van der Waals surface area (Å²) in [5.74, 6) is 0.345. The molecule has 162 valence electrons. The molecule has 0 unspecified atom stereocenters. The highest BCUT2D eigenvalue weighted by molar-refractivity contribution is 6.00. The van der Waals surface area contributed by atoms with Gasteiger partial charge in [0, 0.05) is 37.6 Å². The van der Waals surface area contributed by atoms with E-state index in [0.717, 1.165) is 53.6 Å². The van der Waals surface area contributed by atoms with Crippen LogP contribution in [0.3, 0.4) is 0 Å². The summed E-state index contributed by atoms with van der Waals surface area (Å²) in [7, 11) is 0. The maximum Gasteiger partial charge on any atom is 0.294 e. The van der Waals surface area contributed by atoms with Gasteiger partial charge in [0.1, 0.15) is 0 Å². The van der Waals surface area contributed by atoms with Gasteiger partial charge in [-0.05, 0) is 55.7 Å².